The standard InChI is InChI=1S/C17H16N4O/c1-21(17(22)12-7-3-2-4-8-12)16-14-10-6-5-9-13(14)11-15(16)19-20-18/h2-10,15-16H,11H2,1H3/t15-,16-/m1/s1. The minimum atomic E-state index is -0.264. The highest BCUT2D eigenvalue weighted by Gasteiger charge is 2.36. The lowest BCUT2D eigenvalue weighted by Gasteiger charge is -2.28. The van der Waals surface area contributed by atoms with Gasteiger partial charge in [-0.3, -0.25) is 4.79 Å². The molecule has 0 unspecified atom stereocenters. The van der Waals surface area contributed by atoms with Gasteiger partial charge in [-0.25, -0.2) is 0 Å². The molecule has 0 aliphatic heterocycles. The van der Waals surface area contributed by atoms with Gasteiger partial charge >= 0.3 is 0 Å². The number of rotatable bonds is 3. The molecule has 0 aromatic heterocycles. The number of azide groups is 1. The molecule has 0 radical (unpaired) electrons. The summed E-state index contributed by atoms with van der Waals surface area (Å²) in [6.45, 7) is 0. The molecule has 3 rings (SSSR count). The number of benzene rings is 2. The molecule has 1 aliphatic carbocycles. The smallest absolute Gasteiger partial charge is 0.254 e. The van der Waals surface area contributed by atoms with Crippen molar-refractivity contribution in [3.63, 3.8) is 0 Å². The largest absolute Gasteiger partial charge is 0.334 e. The van der Waals surface area contributed by atoms with Gasteiger partial charge in [0, 0.05) is 17.5 Å². The van der Waals surface area contributed by atoms with E-state index in [1.54, 1.807) is 24.1 Å². The molecule has 5 nitrogen and oxygen atoms in total. The highest BCUT2D eigenvalue weighted by atomic mass is 16.2. The summed E-state index contributed by atoms with van der Waals surface area (Å²) in [5, 5.41) is 3.90. The molecule has 0 fully saturated rings. The van der Waals surface area contributed by atoms with Crippen molar-refractivity contribution in [3.05, 3.63) is 81.7 Å². The highest BCUT2D eigenvalue weighted by Crippen LogP contribution is 2.37. The maximum atomic E-state index is 12.7. The molecule has 1 aliphatic rings. The topological polar surface area (TPSA) is 69.1 Å². The van der Waals surface area contributed by atoms with Gasteiger partial charge in [-0.05, 0) is 35.2 Å². The number of hydrogen-bond acceptors (Lipinski definition) is 2. The molecule has 0 spiro atoms. The van der Waals surface area contributed by atoms with E-state index in [2.05, 4.69) is 10.0 Å². The first-order valence-electron chi connectivity index (χ1n) is 7.16. The van der Waals surface area contributed by atoms with Crippen molar-refractivity contribution < 1.29 is 4.79 Å². The Balaban J connectivity index is 1.97. The summed E-state index contributed by atoms with van der Waals surface area (Å²) in [4.78, 5) is 17.3. The normalized spacial score (nSPS) is 19.1. The van der Waals surface area contributed by atoms with Gasteiger partial charge in [-0.2, -0.15) is 0 Å². The number of nitrogens with zero attached hydrogens (tertiary/aromatic N) is 4. The van der Waals surface area contributed by atoms with Crippen LogP contribution in [-0.4, -0.2) is 23.9 Å². The summed E-state index contributed by atoms with van der Waals surface area (Å²) in [5.74, 6) is -0.0690. The second kappa shape index (κ2) is 5.92. The van der Waals surface area contributed by atoms with E-state index in [1.165, 1.54) is 0 Å². The average Bonchev–Trinajstić information content (AvgIpc) is 2.92. The maximum Gasteiger partial charge on any atom is 0.254 e. The van der Waals surface area contributed by atoms with Crippen molar-refractivity contribution >= 4 is 5.91 Å². The Kier molecular flexibility index (Phi) is 3.81. The van der Waals surface area contributed by atoms with E-state index >= 15 is 0 Å². The fourth-order valence-electron chi connectivity index (χ4n) is 3.10. The quantitative estimate of drug-likeness (QED) is 0.482. The fraction of sp³-hybridized carbons (Fsp3) is 0.235. The monoisotopic (exact) mass is 292 g/mol. The first-order chi connectivity index (χ1) is 10.7. The zero-order valence-electron chi connectivity index (χ0n) is 12.3. The van der Waals surface area contributed by atoms with Crippen molar-refractivity contribution in [1.29, 1.82) is 0 Å². The predicted molar refractivity (Wildman–Crippen MR) is 84.4 cm³/mol. The molecule has 110 valence electrons. The van der Waals surface area contributed by atoms with E-state index in [0.717, 1.165) is 11.1 Å². The lowest BCUT2D eigenvalue weighted by Crippen LogP contribution is -2.35. The van der Waals surface area contributed by atoms with Crippen molar-refractivity contribution in [2.24, 2.45) is 5.11 Å². The van der Waals surface area contributed by atoms with Crippen LogP contribution in [0.5, 0.6) is 0 Å². The molecule has 0 bridgehead atoms. The van der Waals surface area contributed by atoms with Crippen LogP contribution in [0.4, 0.5) is 0 Å². The minimum Gasteiger partial charge on any atom is -0.334 e. The third-order valence-corrected chi connectivity index (χ3v) is 4.13. The molecule has 2 aromatic carbocycles. The molecular weight excluding hydrogens is 276 g/mol. The molecule has 5 heteroatoms. The molecule has 0 saturated heterocycles. The highest BCUT2D eigenvalue weighted by molar-refractivity contribution is 5.94. The second-order valence-corrected chi connectivity index (χ2v) is 5.40. The molecule has 2 atom stereocenters. The van der Waals surface area contributed by atoms with Gasteiger partial charge < -0.3 is 4.90 Å². The Hall–Kier alpha value is -2.78. The third-order valence-electron chi connectivity index (χ3n) is 4.13. The van der Waals surface area contributed by atoms with Gasteiger partial charge in [0.25, 0.3) is 5.91 Å². The average molecular weight is 292 g/mol. The Morgan fingerprint density at radius 3 is 2.59 bits per heavy atom. The van der Waals surface area contributed by atoms with Gasteiger partial charge in [0.05, 0.1) is 12.1 Å². The lowest BCUT2D eigenvalue weighted by atomic mass is 10.0. The van der Waals surface area contributed by atoms with Gasteiger partial charge in [-0.1, -0.05) is 47.6 Å². The van der Waals surface area contributed by atoms with E-state index in [1.807, 2.05) is 42.5 Å². The Morgan fingerprint density at radius 1 is 1.18 bits per heavy atom. The van der Waals surface area contributed by atoms with E-state index in [0.29, 0.717) is 12.0 Å². The summed E-state index contributed by atoms with van der Waals surface area (Å²) in [5.41, 5.74) is 11.6. The summed E-state index contributed by atoms with van der Waals surface area (Å²) in [6.07, 6.45) is 0.664. The Bertz CT molecular complexity index is 737. The summed E-state index contributed by atoms with van der Waals surface area (Å²) in [7, 11) is 1.77. The predicted octanol–water partition coefficient (Wildman–Crippen LogP) is 3.73. The molecule has 22 heavy (non-hydrogen) atoms. The van der Waals surface area contributed by atoms with Crippen molar-refractivity contribution in [1.82, 2.24) is 4.90 Å². The first-order valence-corrected chi connectivity index (χ1v) is 7.16. The van der Waals surface area contributed by atoms with Crippen LogP contribution in [-0.2, 0) is 6.42 Å². The number of hydrogen-bond donors (Lipinski definition) is 0. The van der Waals surface area contributed by atoms with Gasteiger partial charge in [0.2, 0.25) is 0 Å². The molecule has 0 saturated carbocycles. The molecule has 2 aromatic rings. The van der Waals surface area contributed by atoms with Crippen LogP contribution in [0.15, 0.2) is 59.7 Å². The van der Waals surface area contributed by atoms with Crippen LogP contribution in [0, 0.1) is 0 Å². The number of amides is 1. The first kappa shape index (κ1) is 14.2. The van der Waals surface area contributed by atoms with Gasteiger partial charge in [0.15, 0.2) is 0 Å². The van der Waals surface area contributed by atoms with E-state index < -0.39 is 0 Å². The van der Waals surface area contributed by atoms with E-state index in [4.69, 9.17) is 5.53 Å². The Morgan fingerprint density at radius 2 is 1.86 bits per heavy atom. The van der Waals surface area contributed by atoms with Crippen LogP contribution in [0.2, 0.25) is 0 Å². The van der Waals surface area contributed by atoms with Crippen LogP contribution >= 0.6 is 0 Å². The van der Waals surface area contributed by atoms with Crippen LogP contribution in [0.1, 0.15) is 27.5 Å². The van der Waals surface area contributed by atoms with Crippen LogP contribution in [0.3, 0.4) is 0 Å². The van der Waals surface area contributed by atoms with Crippen molar-refractivity contribution in [2.75, 3.05) is 7.05 Å². The van der Waals surface area contributed by atoms with Crippen molar-refractivity contribution in [3.8, 4) is 0 Å². The minimum absolute atomic E-state index is 0.0690. The number of likely N-dealkylation sites (N-methyl/N-ethyl adjacent to an activating group) is 1. The van der Waals surface area contributed by atoms with Crippen LogP contribution < -0.4 is 0 Å². The molecular formula is C17H16N4O. The van der Waals surface area contributed by atoms with E-state index in [9.17, 15) is 4.79 Å². The Labute approximate surface area is 128 Å². The number of carbonyl (C=O) groups is 1. The number of carbonyl (C=O) groups excluding carboxylic acids is 1. The summed E-state index contributed by atoms with van der Waals surface area (Å²) < 4.78 is 0. The van der Waals surface area contributed by atoms with Gasteiger partial charge in [-0.15, -0.1) is 0 Å². The van der Waals surface area contributed by atoms with Gasteiger partial charge in [0.1, 0.15) is 0 Å². The molecule has 1 amide bonds. The zero-order valence-corrected chi connectivity index (χ0v) is 12.3. The molecule has 0 heterocycles. The van der Waals surface area contributed by atoms with E-state index in [-0.39, 0.29) is 18.0 Å². The SMILES string of the molecule is CN(C(=O)c1ccccc1)[C@@H]1c2ccccc2C[C@H]1N=[N+]=[N-]. The summed E-state index contributed by atoms with van der Waals surface area (Å²) in [6, 6.07) is 16.6. The second-order valence-electron chi connectivity index (χ2n) is 5.40. The fourth-order valence-corrected chi connectivity index (χ4v) is 3.10. The third kappa shape index (κ3) is 2.43. The maximum absolute atomic E-state index is 12.7. The molecule has 0 N–H and O–H groups in total. The summed E-state index contributed by atoms with van der Waals surface area (Å²) >= 11 is 0. The number of fused-ring (bicyclic) bond motifs is 1. The van der Waals surface area contributed by atoms with Crippen LogP contribution in [0.25, 0.3) is 10.4 Å². The lowest BCUT2D eigenvalue weighted by molar-refractivity contribution is 0.0717. The zero-order chi connectivity index (χ0) is 15.5. The van der Waals surface area contributed by atoms with Crippen molar-refractivity contribution in [2.45, 2.75) is 18.5 Å².